The molecule has 0 aliphatic rings. The lowest BCUT2D eigenvalue weighted by Crippen LogP contribution is -2.11. The number of amides is 1. The number of hydrogen-bond donors (Lipinski definition) is 1. The first-order chi connectivity index (χ1) is 15.7. The number of carbonyl (C=O) groups excluding carboxylic acids is 1. The second-order valence-electron chi connectivity index (χ2n) is 7.31. The highest BCUT2D eigenvalue weighted by molar-refractivity contribution is 6.04. The molecule has 1 N–H and O–H groups in total. The first-order valence-electron chi connectivity index (χ1n) is 10.2. The fourth-order valence-corrected chi connectivity index (χ4v) is 3.52. The van der Waals surface area contributed by atoms with Crippen LogP contribution < -0.4 is 10.1 Å². The summed E-state index contributed by atoms with van der Waals surface area (Å²) in [6.45, 7) is 2.00. The van der Waals surface area contributed by atoms with Crippen molar-refractivity contribution in [2.45, 2.75) is 6.92 Å². The number of anilines is 1. The zero-order valence-electron chi connectivity index (χ0n) is 17.4. The average molecular weight is 420 g/mol. The Morgan fingerprint density at radius 3 is 2.47 bits per heavy atom. The summed E-state index contributed by atoms with van der Waals surface area (Å²) in [5, 5.41) is 2.96. The molecule has 156 valence electrons. The summed E-state index contributed by atoms with van der Waals surface area (Å²) in [6.07, 6.45) is 3.66. The van der Waals surface area contributed by atoms with Crippen LogP contribution in [0.4, 0.5) is 5.69 Å². The maximum absolute atomic E-state index is 12.8. The van der Waals surface area contributed by atoms with Gasteiger partial charge in [-0.3, -0.25) is 9.20 Å². The van der Waals surface area contributed by atoms with Crippen molar-refractivity contribution in [3.63, 3.8) is 0 Å². The zero-order valence-corrected chi connectivity index (χ0v) is 17.4. The predicted molar refractivity (Wildman–Crippen MR) is 124 cm³/mol. The van der Waals surface area contributed by atoms with Gasteiger partial charge in [0.25, 0.3) is 5.91 Å². The minimum atomic E-state index is -0.193. The van der Waals surface area contributed by atoms with Crippen LogP contribution >= 0.6 is 0 Å². The molecule has 32 heavy (non-hydrogen) atoms. The lowest BCUT2D eigenvalue weighted by molar-refractivity contribution is 0.102. The van der Waals surface area contributed by atoms with Crippen molar-refractivity contribution in [1.82, 2.24) is 14.4 Å². The van der Waals surface area contributed by atoms with Crippen LogP contribution in [0.25, 0.3) is 17.0 Å². The van der Waals surface area contributed by atoms with Crippen LogP contribution in [-0.4, -0.2) is 20.3 Å². The number of aromatic nitrogens is 3. The molecule has 1 amide bonds. The van der Waals surface area contributed by atoms with Crippen LogP contribution in [-0.2, 0) is 0 Å². The molecule has 0 aliphatic heterocycles. The van der Waals surface area contributed by atoms with Gasteiger partial charge >= 0.3 is 0 Å². The van der Waals surface area contributed by atoms with E-state index in [0.29, 0.717) is 22.8 Å². The molecule has 2 heterocycles. The smallest absolute Gasteiger partial charge is 0.255 e. The van der Waals surface area contributed by atoms with E-state index < -0.39 is 0 Å². The topological polar surface area (TPSA) is 68.5 Å². The van der Waals surface area contributed by atoms with Crippen molar-refractivity contribution in [3.8, 4) is 22.8 Å². The number of nitrogens with one attached hydrogen (secondary N) is 1. The second kappa shape index (κ2) is 8.35. The van der Waals surface area contributed by atoms with Crippen molar-refractivity contribution >= 4 is 17.4 Å². The quantitative estimate of drug-likeness (QED) is 0.393. The van der Waals surface area contributed by atoms with E-state index in [0.717, 1.165) is 22.7 Å². The summed E-state index contributed by atoms with van der Waals surface area (Å²) in [4.78, 5) is 21.7. The molecule has 3 aromatic carbocycles. The number of fused-ring (bicyclic) bond motifs is 1. The lowest BCUT2D eigenvalue weighted by Gasteiger charge is -2.09. The van der Waals surface area contributed by atoms with Gasteiger partial charge in [-0.25, -0.2) is 9.97 Å². The van der Waals surface area contributed by atoms with Gasteiger partial charge in [-0.15, -0.1) is 0 Å². The van der Waals surface area contributed by atoms with Crippen molar-refractivity contribution in [3.05, 3.63) is 109 Å². The van der Waals surface area contributed by atoms with Gasteiger partial charge < -0.3 is 10.1 Å². The van der Waals surface area contributed by atoms with Crippen LogP contribution in [0.3, 0.4) is 0 Å². The van der Waals surface area contributed by atoms with E-state index in [1.807, 2.05) is 78.2 Å². The van der Waals surface area contributed by atoms with E-state index in [4.69, 9.17) is 4.74 Å². The second-order valence-corrected chi connectivity index (χ2v) is 7.31. The summed E-state index contributed by atoms with van der Waals surface area (Å²) in [5.74, 6) is 1.87. The summed E-state index contributed by atoms with van der Waals surface area (Å²) in [6, 6.07) is 26.1. The van der Waals surface area contributed by atoms with E-state index >= 15 is 0 Å². The molecule has 0 bridgehead atoms. The van der Waals surface area contributed by atoms with Gasteiger partial charge in [0, 0.05) is 34.9 Å². The van der Waals surface area contributed by atoms with Gasteiger partial charge in [-0.1, -0.05) is 30.3 Å². The summed E-state index contributed by atoms with van der Waals surface area (Å²) >= 11 is 0. The highest BCUT2D eigenvalue weighted by atomic mass is 16.5. The van der Waals surface area contributed by atoms with Gasteiger partial charge in [0.15, 0.2) is 0 Å². The van der Waals surface area contributed by atoms with Crippen LogP contribution in [0, 0.1) is 6.92 Å². The molecule has 5 rings (SSSR count). The van der Waals surface area contributed by atoms with Gasteiger partial charge in [-0.2, -0.15) is 0 Å². The molecular formula is C26H20N4O2. The van der Waals surface area contributed by atoms with Crippen LogP contribution in [0.15, 0.2) is 97.3 Å². The van der Waals surface area contributed by atoms with E-state index in [-0.39, 0.29) is 5.91 Å². The first-order valence-corrected chi connectivity index (χ1v) is 10.2. The minimum absolute atomic E-state index is 0.193. The monoisotopic (exact) mass is 420 g/mol. The standard InChI is InChI=1S/C26H20N4O2/c1-18-24(29-26-27-15-6-16-30(18)26)20-7-5-8-21(17-20)28-25(31)19-11-13-23(14-12-19)32-22-9-3-2-4-10-22/h2-17H,1H3,(H,28,31). The van der Waals surface area contributed by atoms with Crippen LogP contribution in [0.1, 0.15) is 16.1 Å². The Hall–Kier alpha value is -4.45. The molecule has 0 spiro atoms. The highest BCUT2D eigenvalue weighted by Crippen LogP contribution is 2.26. The molecule has 2 aromatic heterocycles. The molecule has 6 heteroatoms. The average Bonchev–Trinajstić information content (AvgIpc) is 3.17. The number of nitrogens with zero attached hydrogens (tertiary/aromatic N) is 3. The molecule has 0 atom stereocenters. The molecule has 0 radical (unpaired) electrons. The molecule has 0 unspecified atom stereocenters. The number of aryl methyl sites for hydroxylation is 1. The Kier molecular flexibility index (Phi) is 5.09. The van der Waals surface area contributed by atoms with Crippen LogP contribution in [0.5, 0.6) is 11.5 Å². The van der Waals surface area contributed by atoms with E-state index in [1.165, 1.54) is 0 Å². The molecule has 6 nitrogen and oxygen atoms in total. The number of imidazole rings is 1. The third-order valence-electron chi connectivity index (χ3n) is 5.13. The molecule has 5 aromatic rings. The number of carbonyl (C=O) groups is 1. The van der Waals surface area contributed by atoms with Crippen molar-refractivity contribution < 1.29 is 9.53 Å². The van der Waals surface area contributed by atoms with Crippen molar-refractivity contribution in [1.29, 1.82) is 0 Å². The SMILES string of the molecule is Cc1c(-c2cccc(NC(=O)c3ccc(Oc4ccccc4)cc3)c2)nc2ncccn12. The number of benzene rings is 3. The summed E-state index contributed by atoms with van der Waals surface area (Å²) in [5.41, 5.74) is 3.98. The van der Waals surface area contributed by atoms with Crippen molar-refractivity contribution in [2.75, 3.05) is 5.32 Å². The number of para-hydroxylation sites is 1. The van der Waals surface area contributed by atoms with Gasteiger partial charge in [0.2, 0.25) is 5.78 Å². The van der Waals surface area contributed by atoms with Gasteiger partial charge in [0.05, 0.1) is 5.69 Å². The maximum Gasteiger partial charge on any atom is 0.255 e. The Labute approximate surface area is 185 Å². The minimum Gasteiger partial charge on any atom is -0.457 e. The zero-order chi connectivity index (χ0) is 21.9. The predicted octanol–water partition coefficient (Wildman–Crippen LogP) is 5.75. The maximum atomic E-state index is 12.8. The number of rotatable bonds is 5. The Morgan fingerprint density at radius 2 is 1.69 bits per heavy atom. The fourth-order valence-electron chi connectivity index (χ4n) is 3.52. The normalized spacial score (nSPS) is 10.8. The van der Waals surface area contributed by atoms with Crippen LogP contribution in [0.2, 0.25) is 0 Å². The highest BCUT2D eigenvalue weighted by Gasteiger charge is 2.12. The van der Waals surface area contributed by atoms with Gasteiger partial charge in [0.1, 0.15) is 11.5 Å². The number of ether oxygens (including phenoxy) is 1. The third kappa shape index (κ3) is 3.94. The Bertz CT molecular complexity index is 1390. The van der Waals surface area contributed by atoms with E-state index in [9.17, 15) is 4.79 Å². The molecule has 0 aliphatic carbocycles. The largest absolute Gasteiger partial charge is 0.457 e. The Balaban J connectivity index is 1.33. The fraction of sp³-hybridized carbons (Fsp3) is 0.0385. The molecule has 0 fully saturated rings. The molecular weight excluding hydrogens is 400 g/mol. The third-order valence-corrected chi connectivity index (χ3v) is 5.13. The van der Waals surface area contributed by atoms with E-state index in [1.54, 1.807) is 30.5 Å². The first kappa shape index (κ1) is 19.5. The summed E-state index contributed by atoms with van der Waals surface area (Å²) < 4.78 is 7.73. The van der Waals surface area contributed by atoms with Gasteiger partial charge in [-0.05, 0) is 61.5 Å². The molecule has 0 saturated heterocycles. The van der Waals surface area contributed by atoms with Crippen molar-refractivity contribution in [2.24, 2.45) is 0 Å². The Morgan fingerprint density at radius 1 is 0.906 bits per heavy atom. The number of hydrogen-bond acceptors (Lipinski definition) is 4. The van der Waals surface area contributed by atoms with E-state index in [2.05, 4.69) is 15.3 Å². The summed E-state index contributed by atoms with van der Waals surface area (Å²) in [7, 11) is 0. The molecule has 0 saturated carbocycles. The lowest BCUT2D eigenvalue weighted by atomic mass is 10.1.